The number of nitrogens with zero attached hydrogens (tertiary/aromatic N) is 5. The number of amides is 1. The molecule has 0 bridgehead atoms. The molecule has 3 aromatic rings. The molecule has 0 unspecified atom stereocenters. The van der Waals surface area contributed by atoms with Crippen molar-refractivity contribution in [2.24, 2.45) is 0 Å². The highest BCUT2D eigenvalue weighted by Gasteiger charge is 2.22. The monoisotopic (exact) mass is 391 g/mol. The van der Waals surface area contributed by atoms with Gasteiger partial charge in [-0.15, -0.1) is 0 Å². The molecule has 2 heterocycles. The number of hydrogen-bond donors (Lipinski definition) is 0. The van der Waals surface area contributed by atoms with E-state index in [1.807, 2.05) is 48.2 Å². The zero-order valence-electron chi connectivity index (χ0n) is 16.6. The van der Waals surface area contributed by atoms with Crippen LogP contribution in [0.5, 0.6) is 5.75 Å². The minimum Gasteiger partial charge on any atom is -0.494 e. The molecular weight excluding hydrogens is 366 g/mol. The van der Waals surface area contributed by atoms with E-state index in [-0.39, 0.29) is 5.91 Å². The summed E-state index contributed by atoms with van der Waals surface area (Å²) < 4.78 is 7.17. The van der Waals surface area contributed by atoms with Crippen LogP contribution in [0, 0.1) is 0 Å². The Bertz CT molecular complexity index is 915. The first-order valence-corrected chi connectivity index (χ1v) is 9.91. The van der Waals surface area contributed by atoms with Crippen molar-refractivity contribution < 1.29 is 9.53 Å². The third-order valence-corrected chi connectivity index (χ3v) is 5.10. The number of benzene rings is 2. The summed E-state index contributed by atoms with van der Waals surface area (Å²) in [6.07, 6.45) is 3.13. The van der Waals surface area contributed by atoms with Gasteiger partial charge >= 0.3 is 0 Å². The minimum absolute atomic E-state index is 0.0795. The maximum atomic E-state index is 12.8. The molecule has 0 N–H and O–H groups in total. The van der Waals surface area contributed by atoms with Gasteiger partial charge in [-0.1, -0.05) is 12.1 Å². The maximum Gasteiger partial charge on any atom is 0.253 e. The third-order valence-electron chi connectivity index (χ3n) is 5.10. The average molecular weight is 391 g/mol. The summed E-state index contributed by atoms with van der Waals surface area (Å²) in [4.78, 5) is 21.1. The molecule has 0 atom stereocenters. The normalized spacial score (nSPS) is 14.7. The molecule has 150 valence electrons. The van der Waals surface area contributed by atoms with E-state index in [1.165, 1.54) is 11.9 Å². The molecule has 2 aromatic carbocycles. The molecule has 0 spiro atoms. The quantitative estimate of drug-likeness (QED) is 0.646. The van der Waals surface area contributed by atoms with E-state index in [0.717, 1.165) is 44.2 Å². The molecule has 1 aromatic heterocycles. The fourth-order valence-electron chi connectivity index (χ4n) is 3.51. The lowest BCUT2D eigenvalue weighted by Gasteiger charge is -2.34. The molecule has 7 heteroatoms. The lowest BCUT2D eigenvalue weighted by Crippen LogP contribution is -2.48. The van der Waals surface area contributed by atoms with Crippen molar-refractivity contribution in [1.82, 2.24) is 24.6 Å². The van der Waals surface area contributed by atoms with Gasteiger partial charge < -0.3 is 9.64 Å². The van der Waals surface area contributed by atoms with Gasteiger partial charge in [-0.05, 0) is 48.9 Å². The van der Waals surface area contributed by atoms with Gasteiger partial charge in [-0.25, -0.2) is 9.67 Å². The second kappa shape index (κ2) is 8.87. The van der Waals surface area contributed by atoms with Crippen LogP contribution in [0.25, 0.3) is 5.69 Å². The van der Waals surface area contributed by atoms with Gasteiger partial charge in [0, 0.05) is 38.3 Å². The lowest BCUT2D eigenvalue weighted by molar-refractivity contribution is 0.0628. The van der Waals surface area contributed by atoms with Crippen LogP contribution >= 0.6 is 0 Å². The zero-order valence-corrected chi connectivity index (χ0v) is 16.6. The molecule has 0 saturated carbocycles. The number of piperazine rings is 1. The van der Waals surface area contributed by atoms with Crippen LogP contribution in [0.3, 0.4) is 0 Å². The fraction of sp³-hybridized carbons (Fsp3) is 0.318. The fourth-order valence-corrected chi connectivity index (χ4v) is 3.51. The van der Waals surface area contributed by atoms with E-state index in [2.05, 4.69) is 27.1 Å². The Balaban J connectivity index is 1.30. The number of ether oxygens (including phenoxy) is 1. The SMILES string of the molecule is CCOc1ccc(CN2CCN(C(=O)c3ccc(-n4cncn4)cc3)CC2)cc1. The van der Waals surface area contributed by atoms with Crippen molar-refractivity contribution in [2.45, 2.75) is 13.5 Å². The third kappa shape index (κ3) is 4.63. The summed E-state index contributed by atoms with van der Waals surface area (Å²) in [5, 5.41) is 4.11. The standard InChI is InChI=1S/C22H25N5O2/c1-2-29-21-9-3-18(4-10-21)15-25-11-13-26(14-12-25)22(28)19-5-7-20(8-6-19)27-17-23-16-24-27/h3-10,16-17H,2,11-15H2,1H3. The number of carbonyl (C=O) groups excluding carboxylic acids is 1. The minimum atomic E-state index is 0.0795. The van der Waals surface area contributed by atoms with Gasteiger partial charge in [0.05, 0.1) is 12.3 Å². The van der Waals surface area contributed by atoms with E-state index in [9.17, 15) is 4.79 Å². The van der Waals surface area contributed by atoms with Crippen LogP contribution < -0.4 is 4.74 Å². The van der Waals surface area contributed by atoms with E-state index < -0.39 is 0 Å². The number of hydrogen-bond acceptors (Lipinski definition) is 5. The summed E-state index contributed by atoms with van der Waals surface area (Å²) in [7, 11) is 0. The van der Waals surface area contributed by atoms with Crippen molar-refractivity contribution in [3.05, 3.63) is 72.3 Å². The van der Waals surface area contributed by atoms with Gasteiger partial charge in [0.25, 0.3) is 5.91 Å². The van der Waals surface area contributed by atoms with Crippen molar-refractivity contribution in [1.29, 1.82) is 0 Å². The van der Waals surface area contributed by atoms with Gasteiger partial charge in [0.2, 0.25) is 0 Å². The molecular formula is C22H25N5O2. The second-order valence-electron chi connectivity index (χ2n) is 7.03. The van der Waals surface area contributed by atoms with Gasteiger partial charge in [0.15, 0.2) is 0 Å². The highest BCUT2D eigenvalue weighted by Crippen LogP contribution is 2.16. The summed E-state index contributed by atoms with van der Waals surface area (Å²) in [6.45, 7) is 6.77. The Kier molecular flexibility index (Phi) is 5.86. The molecule has 29 heavy (non-hydrogen) atoms. The van der Waals surface area contributed by atoms with Crippen LogP contribution in [-0.2, 0) is 6.54 Å². The lowest BCUT2D eigenvalue weighted by atomic mass is 10.1. The summed E-state index contributed by atoms with van der Waals surface area (Å²) in [5.74, 6) is 0.984. The molecule has 1 amide bonds. The van der Waals surface area contributed by atoms with Crippen molar-refractivity contribution >= 4 is 5.91 Å². The van der Waals surface area contributed by atoms with Crippen LogP contribution in [0.4, 0.5) is 0 Å². The van der Waals surface area contributed by atoms with Crippen molar-refractivity contribution in [3.8, 4) is 11.4 Å². The van der Waals surface area contributed by atoms with Crippen molar-refractivity contribution in [3.63, 3.8) is 0 Å². The Morgan fingerprint density at radius 3 is 2.34 bits per heavy atom. The molecule has 1 aliphatic heterocycles. The first-order chi connectivity index (χ1) is 14.2. The van der Waals surface area contributed by atoms with E-state index in [4.69, 9.17) is 4.74 Å². The van der Waals surface area contributed by atoms with E-state index in [0.29, 0.717) is 12.2 Å². The Hall–Kier alpha value is -3.19. The Morgan fingerprint density at radius 2 is 1.72 bits per heavy atom. The molecule has 0 aliphatic carbocycles. The average Bonchev–Trinajstić information content (AvgIpc) is 3.31. The first kappa shape index (κ1) is 19.1. The highest BCUT2D eigenvalue weighted by molar-refractivity contribution is 5.94. The Morgan fingerprint density at radius 1 is 1.00 bits per heavy atom. The Labute approximate surface area is 170 Å². The van der Waals surface area contributed by atoms with Crippen LogP contribution in [-0.4, -0.2) is 63.3 Å². The van der Waals surface area contributed by atoms with Crippen LogP contribution in [0.15, 0.2) is 61.2 Å². The van der Waals surface area contributed by atoms with Gasteiger partial charge in [0.1, 0.15) is 18.4 Å². The van der Waals surface area contributed by atoms with Gasteiger partial charge in [-0.2, -0.15) is 5.10 Å². The van der Waals surface area contributed by atoms with Crippen LogP contribution in [0.2, 0.25) is 0 Å². The van der Waals surface area contributed by atoms with E-state index >= 15 is 0 Å². The summed E-state index contributed by atoms with van der Waals surface area (Å²) in [6, 6.07) is 15.7. The molecule has 1 fully saturated rings. The molecule has 7 nitrogen and oxygen atoms in total. The summed E-state index contributed by atoms with van der Waals surface area (Å²) in [5.41, 5.74) is 2.85. The maximum absolute atomic E-state index is 12.8. The highest BCUT2D eigenvalue weighted by atomic mass is 16.5. The predicted octanol–water partition coefficient (Wildman–Crippen LogP) is 2.62. The number of carbonyl (C=O) groups is 1. The predicted molar refractivity (Wildman–Crippen MR) is 110 cm³/mol. The van der Waals surface area contributed by atoms with Gasteiger partial charge in [-0.3, -0.25) is 9.69 Å². The second-order valence-corrected chi connectivity index (χ2v) is 7.03. The zero-order chi connectivity index (χ0) is 20.1. The molecule has 0 radical (unpaired) electrons. The number of aromatic nitrogens is 3. The summed E-state index contributed by atoms with van der Waals surface area (Å²) >= 11 is 0. The molecule has 1 saturated heterocycles. The van der Waals surface area contributed by atoms with Crippen LogP contribution in [0.1, 0.15) is 22.8 Å². The topological polar surface area (TPSA) is 63.5 Å². The van der Waals surface area contributed by atoms with Crippen molar-refractivity contribution in [2.75, 3.05) is 32.8 Å². The van der Waals surface area contributed by atoms with E-state index in [1.54, 1.807) is 11.0 Å². The molecule has 1 aliphatic rings. The number of rotatable bonds is 6. The molecule has 4 rings (SSSR count). The largest absolute Gasteiger partial charge is 0.494 e. The smallest absolute Gasteiger partial charge is 0.253 e. The first-order valence-electron chi connectivity index (χ1n) is 9.91.